The number of fused-ring (bicyclic) bond motifs is 1. The highest BCUT2D eigenvalue weighted by atomic mass is 19.1. The Hall–Kier alpha value is -2.56. The molecule has 0 saturated carbocycles. The molecule has 0 aromatic heterocycles. The summed E-state index contributed by atoms with van der Waals surface area (Å²) >= 11 is 0. The average Bonchev–Trinajstić information content (AvgIpc) is 2.52. The molecule has 2 aromatic rings. The number of para-hydroxylation sites is 2. The molecule has 21 heavy (non-hydrogen) atoms. The molecule has 1 aliphatic heterocycles. The van der Waals surface area contributed by atoms with Crippen LogP contribution in [-0.4, -0.2) is 18.5 Å². The topological polar surface area (TPSA) is 53.2 Å². The van der Waals surface area contributed by atoms with Gasteiger partial charge in [0.25, 0.3) is 0 Å². The SMILES string of the molecule is O=C(NCc1cccc(F)c1)C1CNc2ccccc2N1. The number of halogens is 1. The van der Waals surface area contributed by atoms with Crippen LogP contribution in [0.3, 0.4) is 0 Å². The van der Waals surface area contributed by atoms with Crippen LogP contribution < -0.4 is 16.0 Å². The van der Waals surface area contributed by atoms with Crippen LogP contribution in [0.5, 0.6) is 0 Å². The zero-order valence-corrected chi connectivity index (χ0v) is 11.4. The number of anilines is 2. The minimum absolute atomic E-state index is 0.110. The number of hydrogen-bond donors (Lipinski definition) is 3. The van der Waals surface area contributed by atoms with E-state index in [1.807, 2.05) is 24.3 Å². The molecule has 2 aromatic carbocycles. The molecule has 1 unspecified atom stereocenters. The maximum absolute atomic E-state index is 13.1. The lowest BCUT2D eigenvalue weighted by Gasteiger charge is -2.27. The van der Waals surface area contributed by atoms with Gasteiger partial charge in [0.1, 0.15) is 11.9 Å². The van der Waals surface area contributed by atoms with E-state index in [2.05, 4.69) is 16.0 Å². The number of carbonyl (C=O) groups excluding carboxylic acids is 1. The molecule has 0 radical (unpaired) electrons. The quantitative estimate of drug-likeness (QED) is 0.811. The Labute approximate surface area is 122 Å². The molecule has 1 aliphatic rings. The van der Waals surface area contributed by atoms with Crippen LogP contribution in [0.1, 0.15) is 5.56 Å². The summed E-state index contributed by atoms with van der Waals surface area (Å²) in [4.78, 5) is 12.2. The molecule has 0 saturated heterocycles. The smallest absolute Gasteiger partial charge is 0.244 e. The van der Waals surface area contributed by atoms with Crippen molar-refractivity contribution in [3.8, 4) is 0 Å². The van der Waals surface area contributed by atoms with Gasteiger partial charge in [0, 0.05) is 13.1 Å². The molecule has 4 nitrogen and oxygen atoms in total. The fourth-order valence-corrected chi connectivity index (χ4v) is 2.33. The van der Waals surface area contributed by atoms with Crippen molar-refractivity contribution in [3.05, 3.63) is 59.9 Å². The van der Waals surface area contributed by atoms with E-state index in [0.717, 1.165) is 16.9 Å². The molecule has 0 spiro atoms. The Morgan fingerprint density at radius 2 is 2.00 bits per heavy atom. The van der Waals surface area contributed by atoms with Crippen LogP contribution in [0.2, 0.25) is 0 Å². The monoisotopic (exact) mass is 285 g/mol. The van der Waals surface area contributed by atoms with Gasteiger partial charge in [0.05, 0.1) is 11.4 Å². The zero-order chi connectivity index (χ0) is 14.7. The lowest BCUT2D eigenvalue weighted by molar-refractivity contribution is -0.121. The van der Waals surface area contributed by atoms with E-state index in [-0.39, 0.29) is 17.8 Å². The second-order valence-electron chi connectivity index (χ2n) is 4.97. The Balaban J connectivity index is 1.59. The second-order valence-corrected chi connectivity index (χ2v) is 4.97. The maximum atomic E-state index is 13.1. The van der Waals surface area contributed by atoms with E-state index in [1.54, 1.807) is 12.1 Å². The predicted molar refractivity (Wildman–Crippen MR) is 80.6 cm³/mol. The fraction of sp³-hybridized carbons (Fsp3) is 0.188. The van der Waals surface area contributed by atoms with Crippen molar-refractivity contribution in [2.45, 2.75) is 12.6 Å². The van der Waals surface area contributed by atoms with Crippen molar-refractivity contribution in [1.82, 2.24) is 5.32 Å². The molecular weight excluding hydrogens is 269 g/mol. The van der Waals surface area contributed by atoms with Gasteiger partial charge in [-0.3, -0.25) is 4.79 Å². The Kier molecular flexibility index (Phi) is 3.73. The molecule has 0 fully saturated rings. The normalized spacial score (nSPS) is 16.3. The molecular formula is C16H16FN3O. The van der Waals surface area contributed by atoms with Gasteiger partial charge in [0.15, 0.2) is 0 Å². The van der Waals surface area contributed by atoms with Gasteiger partial charge in [-0.05, 0) is 29.8 Å². The summed E-state index contributed by atoms with van der Waals surface area (Å²) in [5.74, 6) is -0.408. The van der Waals surface area contributed by atoms with Crippen LogP contribution >= 0.6 is 0 Å². The van der Waals surface area contributed by atoms with Crippen LogP contribution in [0.4, 0.5) is 15.8 Å². The van der Waals surface area contributed by atoms with Gasteiger partial charge in [0.2, 0.25) is 5.91 Å². The minimum Gasteiger partial charge on any atom is -0.381 e. The van der Waals surface area contributed by atoms with Gasteiger partial charge >= 0.3 is 0 Å². The third-order valence-corrected chi connectivity index (χ3v) is 3.43. The van der Waals surface area contributed by atoms with Crippen LogP contribution in [0.15, 0.2) is 48.5 Å². The van der Waals surface area contributed by atoms with Crippen LogP contribution in [0.25, 0.3) is 0 Å². The van der Waals surface area contributed by atoms with Gasteiger partial charge in [-0.1, -0.05) is 24.3 Å². The standard InChI is InChI=1S/C16H16FN3O/c17-12-5-3-4-11(8-12)9-19-16(21)15-10-18-13-6-1-2-7-14(13)20-15/h1-8,15,18,20H,9-10H2,(H,19,21). The molecule has 3 rings (SSSR count). The first-order valence-electron chi connectivity index (χ1n) is 6.84. The van der Waals surface area contributed by atoms with E-state index < -0.39 is 0 Å². The van der Waals surface area contributed by atoms with Crippen molar-refractivity contribution in [2.24, 2.45) is 0 Å². The van der Waals surface area contributed by atoms with Gasteiger partial charge in [-0.25, -0.2) is 4.39 Å². The van der Waals surface area contributed by atoms with Crippen molar-refractivity contribution >= 4 is 17.3 Å². The van der Waals surface area contributed by atoms with E-state index in [1.165, 1.54) is 12.1 Å². The molecule has 3 N–H and O–H groups in total. The van der Waals surface area contributed by atoms with E-state index in [9.17, 15) is 9.18 Å². The number of benzene rings is 2. The summed E-state index contributed by atoms with van der Waals surface area (Å²) in [5, 5.41) is 9.23. The molecule has 1 amide bonds. The Morgan fingerprint density at radius 3 is 2.81 bits per heavy atom. The van der Waals surface area contributed by atoms with Crippen molar-refractivity contribution in [2.75, 3.05) is 17.2 Å². The third kappa shape index (κ3) is 3.13. The van der Waals surface area contributed by atoms with Crippen molar-refractivity contribution in [1.29, 1.82) is 0 Å². The summed E-state index contributed by atoms with van der Waals surface area (Å²) in [6, 6.07) is 13.6. The molecule has 0 bridgehead atoms. The summed E-state index contributed by atoms with van der Waals surface area (Å²) in [6.07, 6.45) is 0. The van der Waals surface area contributed by atoms with Gasteiger partial charge in [-0.2, -0.15) is 0 Å². The third-order valence-electron chi connectivity index (χ3n) is 3.43. The van der Waals surface area contributed by atoms with Crippen LogP contribution in [0, 0.1) is 5.82 Å². The maximum Gasteiger partial charge on any atom is 0.244 e. The van der Waals surface area contributed by atoms with Gasteiger partial charge < -0.3 is 16.0 Å². The highest BCUT2D eigenvalue weighted by Crippen LogP contribution is 2.25. The highest BCUT2D eigenvalue weighted by molar-refractivity contribution is 5.88. The summed E-state index contributed by atoms with van der Waals surface area (Å²) < 4.78 is 13.1. The summed E-state index contributed by atoms with van der Waals surface area (Å²) in [6.45, 7) is 0.836. The van der Waals surface area contributed by atoms with E-state index >= 15 is 0 Å². The largest absolute Gasteiger partial charge is 0.381 e. The number of carbonyl (C=O) groups is 1. The Morgan fingerprint density at radius 1 is 1.19 bits per heavy atom. The molecule has 0 aliphatic carbocycles. The van der Waals surface area contributed by atoms with E-state index in [4.69, 9.17) is 0 Å². The summed E-state index contributed by atoms with van der Waals surface area (Å²) in [7, 11) is 0. The number of nitrogens with one attached hydrogen (secondary N) is 3. The van der Waals surface area contributed by atoms with Gasteiger partial charge in [-0.15, -0.1) is 0 Å². The highest BCUT2D eigenvalue weighted by Gasteiger charge is 2.22. The minimum atomic E-state index is -0.339. The number of amides is 1. The first-order chi connectivity index (χ1) is 10.2. The lowest BCUT2D eigenvalue weighted by Crippen LogP contribution is -2.45. The fourth-order valence-electron chi connectivity index (χ4n) is 2.33. The first kappa shape index (κ1) is 13.4. The van der Waals surface area contributed by atoms with Crippen molar-refractivity contribution < 1.29 is 9.18 Å². The number of rotatable bonds is 3. The molecule has 1 atom stereocenters. The molecule has 5 heteroatoms. The first-order valence-corrected chi connectivity index (χ1v) is 6.84. The summed E-state index contributed by atoms with van der Waals surface area (Å²) in [5.41, 5.74) is 2.65. The van der Waals surface area contributed by atoms with E-state index in [0.29, 0.717) is 13.1 Å². The lowest BCUT2D eigenvalue weighted by atomic mass is 10.1. The predicted octanol–water partition coefficient (Wildman–Crippen LogP) is 2.35. The zero-order valence-electron chi connectivity index (χ0n) is 11.4. The number of hydrogen-bond acceptors (Lipinski definition) is 3. The molecule has 108 valence electrons. The average molecular weight is 285 g/mol. The Bertz CT molecular complexity index is 659. The van der Waals surface area contributed by atoms with Crippen molar-refractivity contribution in [3.63, 3.8) is 0 Å². The molecule has 1 heterocycles. The van der Waals surface area contributed by atoms with Crippen LogP contribution in [-0.2, 0) is 11.3 Å². The second kappa shape index (κ2) is 5.83.